The van der Waals surface area contributed by atoms with Crippen molar-refractivity contribution in [3.63, 3.8) is 0 Å². The van der Waals surface area contributed by atoms with Crippen LogP contribution < -0.4 is 5.43 Å². The number of hydrogen-bond donors (Lipinski definition) is 1. The van der Waals surface area contributed by atoms with Crippen molar-refractivity contribution < 1.29 is 22.8 Å². The van der Waals surface area contributed by atoms with E-state index in [4.69, 9.17) is 0 Å². The Bertz CT molecular complexity index is 991. The molecule has 10 heteroatoms. The number of alkyl halides is 3. The zero-order valence-corrected chi connectivity index (χ0v) is 15.0. The summed E-state index contributed by atoms with van der Waals surface area (Å²) in [5.74, 6) is -0.778. The van der Waals surface area contributed by atoms with E-state index in [-0.39, 0.29) is 17.3 Å². The van der Waals surface area contributed by atoms with Crippen LogP contribution in [0.3, 0.4) is 0 Å². The minimum atomic E-state index is -4.47. The average Bonchev–Trinajstić information content (AvgIpc) is 3.18. The lowest BCUT2D eigenvalue weighted by Gasteiger charge is -2.15. The van der Waals surface area contributed by atoms with Crippen molar-refractivity contribution in [1.82, 2.24) is 25.2 Å². The maximum absolute atomic E-state index is 13.0. The molecule has 0 spiro atoms. The van der Waals surface area contributed by atoms with Crippen LogP contribution in [0.25, 0.3) is 17.6 Å². The Kier molecular flexibility index (Phi) is 5.04. The Balaban J connectivity index is 1.71. The Labute approximate surface area is 158 Å². The SMILES string of the molecule is CC1=CC(=O)N(NC(=O)/C=C\n2cnc(-c3cc(C)cc(C(F)(F)F)c3)n2)C1. The summed E-state index contributed by atoms with van der Waals surface area (Å²) >= 11 is 0. The summed E-state index contributed by atoms with van der Waals surface area (Å²) < 4.78 is 40.1. The number of hydrogen-bond acceptors (Lipinski definition) is 4. The number of carbonyl (C=O) groups is 2. The molecule has 1 N–H and O–H groups in total. The standard InChI is InChI=1S/C18H16F3N5O2/c1-11-5-13(8-14(6-11)18(19,20)21)17-22-10-25(24-17)4-3-15(27)23-26-9-12(2)7-16(26)28/h3-8,10H,9H2,1-2H3,(H,23,27)/b4-3-. The third kappa shape index (κ3) is 4.45. The molecule has 1 aromatic carbocycles. The van der Waals surface area contributed by atoms with Crippen LogP contribution in [0, 0.1) is 6.92 Å². The first-order valence-corrected chi connectivity index (χ1v) is 8.20. The van der Waals surface area contributed by atoms with Crippen molar-refractivity contribution in [2.45, 2.75) is 20.0 Å². The molecule has 146 valence electrons. The van der Waals surface area contributed by atoms with Gasteiger partial charge in [-0.05, 0) is 43.2 Å². The summed E-state index contributed by atoms with van der Waals surface area (Å²) in [4.78, 5) is 27.5. The van der Waals surface area contributed by atoms with Gasteiger partial charge in [-0.2, -0.15) is 13.2 Å². The summed E-state index contributed by atoms with van der Waals surface area (Å²) in [5, 5.41) is 5.22. The molecule has 28 heavy (non-hydrogen) atoms. The molecule has 0 radical (unpaired) electrons. The normalized spacial score (nSPS) is 14.7. The van der Waals surface area contributed by atoms with Crippen molar-refractivity contribution in [1.29, 1.82) is 0 Å². The van der Waals surface area contributed by atoms with Crippen LogP contribution in [0.2, 0.25) is 0 Å². The molecule has 2 heterocycles. The third-order valence-electron chi connectivity index (χ3n) is 3.84. The lowest BCUT2D eigenvalue weighted by molar-refractivity contribution is -0.137. The zero-order chi connectivity index (χ0) is 20.5. The molecular weight excluding hydrogens is 375 g/mol. The Morgan fingerprint density at radius 3 is 2.64 bits per heavy atom. The first-order valence-electron chi connectivity index (χ1n) is 8.20. The van der Waals surface area contributed by atoms with Crippen molar-refractivity contribution >= 4 is 18.0 Å². The van der Waals surface area contributed by atoms with Gasteiger partial charge in [-0.3, -0.25) is 15.0 Å². The molecule has 0 saturated carbocycles. The molecule has 0 aliphatic carbocycles. The van der Waals surface area contributed by atoms with Crippen LogP contribution in [0.5, 0.6) is 0 Å². The molecule has 0 saturated heterocycles. The van der Waals surface area contributed by atoms with Gasteiger partial charge in [0.15, 0.2) is 5.82 Å². The predicted molar refractivity (Wildman–Crippen MR) is 94.1 cm³/mol. The second kappa shape index (κ2) is 7.29. The second-order valence-electron chi connectivity index (χ2n) is 6.34. The number of rotatable bonds is 4. The van der Waals surface area contributed by atoms with E-state index >= 15 is 0 Å². The van der Waals surface area contributed by atoms with Gasteiger partial charge in [0.05, 0.1) is 12.1 Å². The quantitative estimate of drug-likeness (QED) is 0.813. The number of hydrazine groups is 1. The van der Waals surface area contributed by atoms with Crippen molar-refractivity contribution in [3.8, 4) is 11.4 Å². The van der Waals surface area contributed by atoms with Gasteiger partial charge in [0.25, 0.3) is 11.8 Å². The number of aromatic nitrogens is 3. The van der Waals surface area contributed by atoms with Crippen LogP contribution in [0.15, 0.2) is 42.3 Å². The molecule has 7 nitrogen and oxygen atoms in total. The van der Waals surface area contributed by atoms with E-state index in [1.54, 1.807) is 19.9 Å². The number of aryl methyl sites for hydroxylation is 1. The highest BCUT2D eigenvalue weighted by Gasteiger charge is 2.31. The van der Waals surface area contributed by atoms with Crippen molar-refractivity contribution in [2.24, 2.45) is 0 Å². The van der Waals surface area contributed by atoms with Crippen LogP contribution in [-0.4, -0.2) is 38.1 Å². The van der Waals surface area contributed by atoms with E-state index in [9.17, 15) is 22.8 Å². The predicted octanol–water partition coefficient (Wildman–Crippen LogP) is 2.56. The largest absolute Gasteiger partial charge is 0.416 e. The van der Waals surface area contributed by atoms with Gasteiger partial charge in [-0.25, -0.2) is 14.7 Å². The number of benzene rings is 1. The lowest BCUT2D eigenvalue weighted by Crippen LogP contribution is -2.42. The Morgan fingerprint density at radius 2 is 2.00 bits per heavy atom. The van der Waals surface area contributed by atoms with E-state index in [0.29, 0.717) is 12.1 Å². The zero-order valence-electron chi connectivity index (χ0n) is 15.0. The van der Waals surface area contributed by atoms with Crippen LogP contribution in [0.4, 0.5) is 13.2 Å². The molecule has 0 unspecified atom stereocenters. The van der Waals surface area contributed by atoms with E-state index < -0.39 is 17.6 Å². The maximum atomic E-state index is 13.0. The fourth-order valence-corrected chi connectivity index (χ4v) is 2.63. The first kappa shape index (κ1) is 19.3. The number of nitrogens with zero attached hydrogens (tertiary/aromatic N) is 4. The smallest absolute Gasteiger partial charge is 0.268 e. The van der Waals surface area contributed by atoms with E-state index in [1.807, 2.05) is 0 Å². The summed E-state index contributed by atoms with van der Waals surface area (Å²) in [6, 6.07) is 3.55. The van der Waals surface area contributed by atoms with E-state index in [2.05, 4.69) is 15.5 Å². The third-order valence-corrected chi connectivity index (χ3v) is 3.84. The Hall–Kier alpha value is -3.43. The van der Waals surface area contributed by atoms with E-state index in [0.717, 1.165) is 23.8 Å². The highest BCUT2D eigenvalue weighted by atomic mass is 19.4. The topological polar surface area (TPSA) is 80.1 Å². The van der Waals surface area contributed by atoms with Gasteiger partial charge in [0.1, 0.15) is 6.33 Å². The molecule has 0 fully saturated rings. The van der Waals surface area contributed by atoms with Crippen LogP contribution >= 0.6 is 0 Å². The van der Waals surface area contributed by atoms with Gasteiger partial charge in [0.2, 0.25) is 0 Å². The molecule has 3 rings (SSSR count). The molecule has 2 aromatic rings. The van der Waals surface area contributed by atoms with Crippen LogP contribution in [-0.2, 0) is 15.8 Å². The van der Waals surface area contributed by atoms with Gasteiger partial charge < -0.3 is 0 Å². The molecule has 0 atom stereocenters. The first-order chi connectivity index (χ1) is 13.1. The fourth-order valence-electron chi connectivity index (χ4n) is 2.63. The number of carbonyl (C=O) groups excluding carboxylic acids is 2. The number of amides is 2. The highest BCUT2D eigenvalue weighted by molar-refractivity contribution is 5.95. The second-order valence-corrected chi connectivity index (χ2v) is 6.34. The summed E-state index contributed by atoms with van der Waals surface area (Å²) in [6.45, 7) is 3.63. The lowest BCUT2D eigenvalue weighted by atomic mass is 10.1. The summed E-state index contributed by atoms with van der Waals surface area (Å²) in [7, 11) is 0. The van der Waals surface area contributed by atoms with Crippen LogP contribution in [0.1, 0.15) is 18.1 Å². The molecule has 2 amide bonds. The number of nitrogens with one attached hydrogen (secondary N) is 1. The molecule has 1 aromatic heterocycles. The van der Waals surface area contributed by atoms with Gasteiger partial charge in [0, 0.05) is 23.9 Å². The Morgan fingerprint density at radius 1 is 1.25 bits per heavy atom. The van der Waals surface area contributed by atoms with Crippen molar-refractivity contribution in [3.05, 3.63) is 53.4 Å². The molecule has 0 bridgehead atoms. The fraction of sp³-hybridized carbons (Fsp3) is 0.222. The molecular formula is C18H16F3N5O2. The van der Waals surface area contributed by atoms with E-state index in [1.165, 1.54) is 28.3 Å². The minimum absolute atomic E-state index is 0.0915. The molecule has 1 aliphatic heterocycles. The van der Waals surface area contributed by atoms with Crippen molar-refractivity contribution in [2.75, 3.05) is 6.54 Å². The van der Waals surface area contributed by atoms with Gasteiger partial charge >= 0.3 is 6.18 Å². The highest BCUT2D eigenvalue weighted by Crippen LogP contribution is 2.32. The van der Waals surface area contributed by atoms with Gasteiger partial charge in [-0.1, -0.05) is 0 Å². The number of halogens is 3. The maximum Gasteiger partial charge on any atom is 0.416 e. The summed E-state index contributed by atoms with van der Waals surface area (Å²) in [5.41, 5.74) is 3.10. The molecule has 1 aliphatic rings. The average molecular weight is 391 g/mol. The summed E-state index contributed by atoms with van der Waals surface area (Å²) in [6.07, 6.45) is 0.637. The van der Waals surface area contributed by atoms with Gasteiger partial charge in [-0.15, -0.1) is 5.10 Å². The minimum Gasteiger partial charge on any atom is -0.268 e. The monoisotopic (exact) mass is 391 g/mol.